The maximum Gasteiger partial charge on any atom is 0.223 e. The molecule has 2 saturated carbocycles. The minimum absolute atomic E-state index is 0.341. The van der Waals surface area contributed by atoms with Crippen LogP contribution in [0.15, 0.2) is 0 Å². The first-order valence-corrected chi connectivity index (χ1v) is 7.89. The average molecular weight is 276 g/mol. The third-order valence-electron chi connectivity index (χ3n) is 4.35. The number of rotatable bonds is 4. The smallest absolute Gasteiger partial charge is 0.223 e. The van der Waals surface area contributed by atoms with E-state index < -0.39 is 0 Å². The molecule has 0 amide bonds. The standard InChI is InChI=1S/C15H24N4O/c1-2-20-15(9-5-3-4-6-10-15)13-17-12(11-7-8-11)18-14(16)19-13/h11H,2-10H2,1H3,(H2,16,17,18,19). The lowest BCUT2D eigenvalue weighted by Crippen LogP contribution is -2.32. The van der Waals surface area contributed by atoms with Crippen LogP contribution in [0.4, 0.5) is 5.95 Å². The fourth-order valence-electron chi connectivity index (χ4n) is 3.15. The van der Waals surface area contributed by atoms with E-state index in [2.05, 4.69) is 9.97 Å². The van der Waals surface area contributed by atoms with Crippen molar-refractivity contribution < 1.29 is 4.74 Å². The molecule has 5 nitrogen and oxygen atoms in total. The van der Waals surface area contributed by atoms with Crippen LogP contribution in [0.1, 0.15) is 75.9 Å². The molecule has 1 aromatic heterocycles. The lowest BCUT2D eigenvalue weighted by molar-refractivity contribution is -0.0626. The number of nitrogens with two attached hydrogens (primary N) is 1. The summed E-state index contributed by atoms with van der Waals surface area (Å²) in [6.07, 6.45) is 9.21. The van der Waals surface area contributed by atoms with Gasteiger partial charge in [0.25, 0.3) is 0 Å². The molecule has 0 unspecified atom stereocenters. The monoisotopic (exact) mass is 276 g/mol. The average Bonchev–Trinajstić information content (AvgIpc) is 3.26. The fraction of sp³-hybridized carbons (Fsp3) is 0.800. The first-order chi connectivity index (χ1) is 9.73. The molecule has 20 heavy (non-hydrogen) atoms. The Balaban J connectivity index is 1.96. The molecule has 0 saturated heterocycles. The second kappa shape index (κ2) is 5.64. The number of aromatic nitrogens is 3. The van der Waals surface area contributed by atoms with Gasteiger partial charge in [-0.2, -0.15) is 9.97 Å². The first-order valence-electron chi connectivity index (χ1n) is 7.89. The van der Waals surface area contributed by atoms with Gasteiger partial charge in [-0.15, -0.1) is 0 Å². The van der Waals surface area contributed by atoms with Crippen molar-refractivity contribution in [2.75, 3.05) is 12.3 Å². The van der Waals surface area contributed by atoms with Crippen LogP contribution in [0.3, 0.4) is 0 Å². The summed E-state index contributed by atoms with van der Waals surface area (Å²) in [4.78, 5) is 13.5. The molecule has 2 fully saturated rings. The van der Waals surface area contributed by atoms with Gasteiger partial charge in [-0.05, 0) is 32.6 Å². The van der Waals surface area contributed by atoms with Gasteiger partial charge < -0.3 is 10.5 Å². The van der Waals surface area contributed by atoms with Crippen molar-refractivity contribution >= 4 is 5.95 Å². The molecule has 0 aromatic carbocycles. The zero-order valence-electron chi connectivity index (χ0n) is 12.3. The topological polar surface area (TPSA) is 73.9 Å². The molecule has 5 heteroatoms. The lowest BCUT2D eigenvalue weighted by atomic mass is 9.93. The Hall–Kier alpha value is -1.23. The molecule has 0 aliphatic heterocycles. The van der Waals surface area contributed by atoms with Crippen LogP contribution in [-0.2, 0) is 10.3 Å². The van der Waals surface area contributed by atoms with Crippen molar-refractivity contribution in [1.82, 2.24) is 15.0 Å². The number of nitrogens with zero attached hydrogens (tertiary/aromatic N) is 3. The van der Waals surface area contributed by atoms with Gasteiger partial charge in [0.1, 0.15) is 11.4 Å². The Morgan fingerprint density at radius 2 is 1.80 bits per heavy atom. The Bertz CT molecular complexity index is 465. The molecular weight excluding hydrogens is 252 g/mol. The molecule has 110 valence electrons. The van der Waals surface area contributed by atoms with E-state index in [0.29, 0.717) is 18.5 Å². The van der Waals surface area contributed by atoms with Crippen LogP contribution in [0, 0.1) is 0 Å². The molecule has 1 heterocycles. The maximum absolute atomic E-state index is 6.14. The van der Waals surface area contributed by atoms with E-state index in [-0.39, 0.29) is 5.60 Å². The van der Waals surface area contributed by atoms with Crippen molar-refractivity contribution in [2.45, 2.75) is 69.8 Å². The summed E-state index contributed by atoms with van der Waals surface area (Å²) in [5.41, 5.74) is 5.57. The Morgan fingerprint density at radius 3 is 2.40 bits per heavy atom. The molecule has 2 N–H and O–H groups in total. The van der Waals surface area contributed by atoms with Crippen molar-refractivity contribution in [2.24, 2.45) is 0 Å². The van der Waals surface area contributed by atoms with Gasteiger partial charge in [0.2, 0.25) is 5.95 Å². The Morgan fingerprint density at radius 1 is 1.10 bits per heavy atom. The van der Waals surface area contributed by atoms with Gasteiger partial charge in [-0.1, -0.05) is 25.7 Å². The highest BCUT2D eigenvalue weighted by Gasteiger charge is 2.38. The second-order valence-corrected chi connectivity index (χ2v) is 5.99. The molecule has 0 bridgehead atoms. The predicted molar refractivity (Wildman–Crippen MR) is 77.2 cm³/mol. The van der Waals surface area contributed by atoms with Crippen LogP contribution in [-0.4, -0.2) is 21.6 Å². The highest BCUT2D eigenvalue weighted by Crippen LogP contribution is 2.41. The summed E-state index contributed by atoms with van der Waals surface area (Å²) >= 11 is 0. The maximum atomic E-state index is 6.14. The number of ether oxygens (including phenoxy) is 1. The Kier molecular flexibility index (Phi) is 3.87. The molecule has 0 atom stereocenters. The SMILES string of the molecule is CCOC1(c2nc(N)nc(C3CC3)n2)CCCCCC1. The molecule has 3 rings (SSSR count). The second-order valence-electron chi connectivity index (χ2n) is 5.99. The summed E-state index contributed by atoms with van der Waals surface area (Å²) in [6, 6.07) is 0. The largest absolute Gasteiger partial charge is 0.368 e. The van der Waals surface area contributed by atoms with E-state index >= 15 is 0 Å². The molecule has 0 spiro atoms. The van der Waals surface area contributed by atoms with Crippen molar-refractivity contribution in [3.05, 3.63) is 11.6 Å². The van der Waals surface area contributed by atoms with E-state index in [4.69, 9.17) is 15.5 Å². The minimum atomic E-state index is -0.341. The highest BCUT2D eigenvalue weighted by molar-refractivity contribution is 5.22. The van der Waals surface area contributed by atoms with Gasteiger partial charge in [0, 0.05) is 12.5 Å². The van der Waals surface area contributed by atoms with E-state index in [9.17, 15) is 0 Å². The van der Waals surface area contributed by atoms with Crippen molar-refractivity contribution in [1.29, 1.82) is 0 Å². The lowest BCUT2D eigenvalue weighted by Gasteiger charge is -2.31. The van der Waals surface area contributed by atoms with E-state index in [1.54, 1.807) is 0 Å². The van der Waals surface area contributed by atoms with Crippen LogP contribution in [0.5, 0.6) is 0 Å². The zero-order valence-corrected chi connectivity index (χ0v) is 12.3. The molecule has 2 aliphatic rings. The van der Waals surface area contributed by atoms with E-state index in [0.717, 1.165) is 24.5 Å². The minimum Gasteiger partial charge on any atom is -0.368 e. The molecule has 2 aliphatic carbocycles. The van der Waals surface area contributed by atoms with Gasteiger partial charge in [-0.25, -0.2) is 4.98 Å². The van der Waals surface area contributed by atoms with Crippen LogP contribution in [0.25, 0.3) is 0 Å². The summed E-state index contributed by atoms with van der Waals surface area (Å²) in [5, 5.41) is 0. The third kappa shape index (κ3) is 2.77. The predicted octanol–water partition coefficient (Wildman–Crippen LogP) is 2.92. The Labute approximate surface area is 120 Å². The van der Waals surface area contributed by atoms with Crippen molar-refractivity contribution in [3.8, 4) is 0 Å². The fourth-order valence-corrected chi connectivity index (χ4v) is 3.15. The highest BCUT2D eigenvalue weighted by atomic mass is 16.5. The van der Waals surface area contributed by atoms with Crippen LogP contribution >= 0.6 is 0 Å². The number of hydrogen-bond acceptors (Lipinski definition) is 5. The first kappa shape index (κ1) is 13.7. The molecule has 1 aromatic rings. The number of anilines is 1. The number of nitrogen functional groups attached to an aromatic ring is 1. The number of hydrogen-bond donors (Lipinski definition) is 1. The normalized spacial score (nSPS) is 22.4. The molecular formula is C15H24N4O. The van der Waals surface area contributed by atoms with E-state index in [1.807, 2.05) is 6.92 Å². The summed E-state index contributed by atoms with van der Waals surface area (Å²) in [7, 11) is 0. The van der Waals surface area contributed by atoms with Gasteiger partial charge in [-0.3, -0.25) is 0 Å². The van der Waals surface area contributed by atoms with Crippen LogP contribution in [0.2, 0.25) is 0 Å². The van der Waals surface area contributed by atoms with Gasteiger partial charge in [0.05, 0.1) is 0 Å². The summed E-state index contributed by atoms with van der Waals surface area (Å²) in [6.45, 7) is 2.73. The third-order valence-corrected chi connectivity index (χ3v) is 4.35. The summed E-state index contributed by atoms with van der Waals surface area (Å²) in [5.74, 6) is 2.48. The summed E-state index contributed by atoms with van der Waals surface area (Å²) < 4.78 is 6.14. The van der Waals surface area contributed by atoms with Crippen molar-refractivity contribution in [3.63, 3.8) is 0 Å². The van der Waals surface area contributed by atoms with E-state index in [1.165, 1.54) is 38.5 Å². The zero-order chi connectivity index (χ0) is 14.0. The van der Waals surface area contributed by atoms with Gasteiger partial charge >= 0.3 is 0 Å². The molecule has 0 radical (unpaired) electrons. The quantitative estimate of drug-likeness (QED) is 0.856. The van der Waals surface area contributed by atoms with Crippen LogP contribution < -0.4 is 5.73 Å². The van der Waals surface area contributed by atoms with Gasteiger partial charge in [0.15, 0.2) is 5.82 Å².